The zero-order valence-corrected chi connectivity index (χ0v) is 72.2. The highest BCUT2D eigenvalue weighted by Gasteiger charge is 2.30. The van der Waals surface area contributed by atoms with Crippen LogP contribution < -0.4 is 0 Å². The lowest BCUT2D eigenvalue weighted by Crippen LogP contribution is -2.30. The van der Waals surface area contributed by atoms with E-state index in [1.165, 1.54) is 289 Å². The summed E-state index contributed by atoms with van der Waals surface area (Å²) in [6.45, 7) is 9.67. The van der Waals surface area contributed by atoms with Crippen molar-refractivity contribution in [1.82, 2.24) is 0 Å². The molecule has 0 aromatic rings. The number of carbonyl (C=O) groups excluding carboxylic acids is 4. The van der Waals surface area contributed by atoms with Crippen LogP contribution in [0.2, 0.25) is 0 Å². The summed E-state index contributed by atoms with van der Waals surface area (Å²) < 4.78 is 69.0. The molecule has 0 aliphatic heterocycles. The van der Waals surface area contributed by atoms with Crippen molar-refractivity contribution >= 4 is 39.5 Å². The number of aliphatic hydroxyl groups excluding tert-OH is 1. The molecular formula is C88H172O17P2. The van der Waals surface area contributed by atoms with Crippen molar-refractivity contribution in [2.45, 2.75) is 490 Å². The Balaban J connectivity index is 5.24. The highest BCUT2D eigenvalue weighted by atomic mass is 31.2. The van der Waals surface area contributed by atoms with Gasteiger partial charge in [0.05, 0.1) is 26.4 Å². The van der Waals surface area contributed by atoms with Gasteiger partial charge in [0.15, 0.2) is 12.2 Å². The Hall–Kier alpha value is -1.94. The minimum Gasteiger partial charge on any atom is -0.462 e. The Morgan fingerprint density at radius 2 is 0.430 bits per heavy atom. The maximum absolute atomic E-state index is 13.2. The molecule has 107 heavy (non-hydrogen) atoms. The lowest BCUT2D eigenvalue weighted by Gasteiger charge is -2.21. The van der Waals surface area contributed by atoms with Crippen LogP contribution in [0.1, 0.15) is 472 Å². The molecule has 0 saturated heterocycles. The number of aliphatic hydroxyl groups is 1. The van der Waals surface area contributed by atoms with Crippen molar-refractivity contribution in [1.29, 1.82) is 0 Å². The van der Waals surface area contributed by atoms with Crippen molar-refractivity contribution < 1.29 is 80.2 Å². The minimum absolute atomic E-state index is 0.107. The number of esters is 4. The lowest BCUT2D eigenvalue weighted by atomic mass is 10.0. The molecule has 3 N–H and O–H groups in total. The number of carbonyl (C=O) groups is 4. The molecule has 5 atom stereocenters. The maximum atomic E-state index is 13.2. The third kappa shape index (κ3) is 81.9. The Labute approximate surface area is 658 Å². The molecule has 0 aliphatic rings. The van der Waals surface area contributed by atoms with Crippen LogP contribution >= 0.6 is 15.6 Å². The van der Waals surface area contributed by atoms with E-state index in [0.717, 1.165) is 102 Å². The zero-order chi connectivity index (χ0) is 78.5. The minimum atomic E-state index is -4.97. The van der Waals surface area contributed by atoms with E-state index >= 15 is 0 Å². The average molecular weight is 1560 g/mol. The van der Waals surface area contributed by atoms with Gasteiger partial charge < -0.3 is 33.8 Å². The maximum Gasteiger partial charge on any atom is 0.472 e. The Bertz CT molecular complexity index is 2050. The fourth-order valence-electron chi connectivity index (χ4n) is 13.8. The first-order chi connectivity index (χ1) is 51.9. The van der Waals surface area contributed by atoms with E-state index in [2.05, 4.69) is 41.5 Å². The van der Waals surface area contributed by atoms with Crippen LogP contribution in [-0.4, -0.2) is 96.7 Å². The van der Waals surface area contributed by atoms with Crippen LogP contribution in [0.4, 0.5) is 0 Å². The van der Waals surface area contributed by atoms with Crippen LogP contribution in [-0.2, 0) is 65.4 Å². The van der Waals surface area contributed by atoms with Crippen molar-refractivity contribution in [2.75, 3.05) is 39.6 Å². The normalized spacial score (nSPS) is 13.8. The highest BCUT2D eigenvalue weighted by Crippen LogP contribution is 2.45. The molecule has 0 bridgehead atoms. The van der Waals surface area contributed by atoms with Gasteiger partial charge in [0.1, 0.15) is 19.3 Å². The Kier molecular flexibility index (Phi) is 77.9. The summed E-state index contributed by atoms with van der Waals surface area (Å²) in [5, 5.41) is 10.7. The van der Waals surface area contributed by atoms with Crippen LogP contribution in [0.25, 0.3) is 0 Å². The Morgan fingerprint density at radius 3 is 0.636 bits per heavy atom. The van der Waals surface area contributed by atoms with Gasteiger partial charge in [-0.25, -0.2) is 9.13 Å². The molecule has 0 radical (unpaired) electrons. The predicted octanol–water partition coefficient (Wildman–Crippen LogP) is 27.0. The average Bonchev–Trinajstić information content (AvgIpc) is 0.904. The second kappa shape index (κ2) is 79.3. The van der Waals surface area contributed by atoms with Gasteiger partial charge in [0.25, 0.3) is 0 Å². The van der Waals surface area contributed by atoms with Crippen LogP contribution in [0.3, 0.4) is 0 Å². The van der Waals surface area contributed by atoms with E-state index < -0.39 is 97.5 Å². The van der Waals surface area contributed by atoms with Crippen molar-refractivity contribution in [2.24, 2.45) is 11.8 Å². The molecule has 0 aliphatic carbocycles. The molecule has 0 spiro atoms. The quantitative estimate of drug-likeness (QED) is 0.0222. The van der Waals surface area contributed by atoms with Gasteiger partial charge in [-0.1, -0.05) is 420 Å². The highest BCUT2D eigenvalue weighted by molar-refractivity contribution is 7.47. The smallest absolute Gasteiger partial charge is 0.462 e. The van der Waals surface area contributed by atoms with Gasteiger partial charge >= 0.3 is 39.5 Å². The number of hydrogen-bond donors (Lipinski definition) is 3. The van der Waals surface area contributed by atoms with Crippen LogP contribution in [0, 0.1) is 11.8 Å². The zero-order valence-electron chi connectivity index (χ0n) is 70.5. The molecule has 17 nitrogen and oxygen atoms in total. The van der Waals surface area contributed by atoms with Gasteiger partial charge in [0.2, 0.25) is 0 Å². The first kappa shape index (κ1) is 105. The van der Waals surface area contributed by atoms with Crippen molar-refractivity contribution in [3.63, 3.8) is 0 Å². The summed E-state index contributed by atoms with van der Waals surface area (Å²) in [5.41, 5.74) is 0. The second-order valence-electron chi connectivity index (χ2n) is 32.6. The fraction of sp³-hybridized carbons (Fsp3) is 0.955. The molecule has 2 unspecified atom stereocenters. The molecule has 0 heterocycles. The SMILES string of the molecule is CCCCCCCCCCCCCCCCCCCCCCC(=O)OC[C@H](COP(=O)(O)OC[C@@H](O)COP(=O)(O)OC[C@@H](COC(=O)CCCCCCCCCCCC(C)C)OC(=O)CCCCCCCCCCCCCCC(C)C)OC(=O)CCCCCCCCCCCCCCCCCCCCCC. The molecular weight excluding hydrogens is 1390 g/mol. The van der Waals surface area contributed by atoms with Crippen LogP contribution in [0.5, 0.6) is 0 Å². The van der Waals surface area contributed by atoms with E-state index in [4.69, 9.17) is 37.0 Å². The second-order valence-corrected chi connectivity index (χ2v) is 35.5. The number of unbranched alkanes of at least 4 members (excludes halogenated alkanes) is 57. The van der Waals surface area contributed by atoms with Gasteiger partial charge in [0, 0.05) is 25.7 Å². The van der Waals surface area contributed by atoms with Gasteiger partial charge in [-0.3, -0.25) is 37.3 Å². The third-order valence-electron chi connectivity index (χ3n) is 20.7. The number of ether oxygens (including phenoxy) is 4. The van der Waals surface area contributed by atoms with Gasteiger partial charge in [-0.15, -0.1) is 0 Å². The summed E-state index contributed by atoms with van der Waals surface area (Å²) in [7, 11) is -9.93. The molecule has 0 saturated carbocycles. The number of rotatable bonds is 87. The van der Waals surface area contributed by atoms with E-state index in [1.807, 2.05) is 0 Å². The predicted molar refractivity (Wildman–Crippen MR) is 442 cm³/mol. The summed E-state index contributed by atoms with van der Waals surface area (Å²) in [6, 6.07) is 0. The van der Waals surface area contributed by atoms with E-state index in [1.54, 1.807) is 0 Å². The van der Waals surface area contributed by atoms with Crippen LogP contribution in [0.15, 0.2) is 0 Å². The molecule has 636 valence electrons. The monoisotopic (exact) mass is 1560 g/mol. The first-order valence-corrected chi connectivity index (χ1v) is 48.5. The largest absolute Gasteiger partial charge is 0.472 e. The number of hydrogen-bond acceptors (Lipinski definition) is 15. The summed E-state index contributed by atoms with van der Waals surface area (Å²) in [4.78, 5) is 73.3. The molecule has 0 amide bonds. The van der Waals surface area contributed by atoms with Gasteiger partial charge in [-0.2, -0.15) is 0 Å². The lowest BCUT2D eigenvalue weighted by molar-refractivity contribution is -0.161. The number of phosphoric acid groups is 2. The third-order valence-corrected chi connectivity index (χ3v) is 22.6. The summed E-state index contributed by atoms with van der Waals surface area (Å²) >= 11 is 0. The summed E-state index contributed by atoms with van der Waals surface area (Å²) in [5.74, 6) is -0.580. The Morgan fingerprint density at radius 1 is 0.252 bits per heavy atom. The molecule has 0 aromatic carbocycles. The molecule has 0 aromatic heterocycles. The summed E-state index contributed by atoms with van der Waals surface area (Å²) in [6.07, 6.45) is 72.3. The topological polar surface area (TPSA) is 237 Å². The first-order valence-electron chi connectivity index (χ1n) is 45.5. The van der Waals surface area contributed by atoms with Crippen molar-refractivity contribution in [3.05, 3.63) is 0 Å². The standard InChI is InChI=1S/C88H172O17P2/c1-7-9-11-13-15-17-19-21-23-25-27-29-31-33-35-40-46-52-58-64-70-85(90)98-76-83(104-87(92)72-66-60-54-47-41-36-34-32-30-28-26-24-22-20-18-16-14-12-10-8-2)78-102-106(94,95)100-74-82(89)75-101-107(96,97)103-79-84(77-99-86(91)71-65-59-53-49-43-45-51-57-63-69-81(5)6)105-88(93)73-67-61-55-48-42-38-37-39-44-50-56-62-68-80(3)4/h80-84,89H,7-79H2,1-6H3,(H,94,95)(H,96,97)/t82-,83-,84-/m1/s1. The van der Waals surface area contributed by atoms with E-state index in [-0.39, 0.29) is 25.7 Å². The van der Waals surface area contributed by atoms with Gasteiger partial charge in [-0.05, 0) is 37.5 Å². The fourth-order valence-corrected chi connectivity index (χ4v) is 15.4. The molecule has 0 fully saturated rings. The molecule has 19 heteroatoms. The van der Waals surface area contributed by atoms with E-state index in [0.29, 0.717) is 25.7 Å². The number of phosphoric ester groups is 2. The van der Waals surface area contributed by atoms with E-state index in [9.17, 15) is 43.2 Å². The van der Waals surface area contributed by atoms with Crippen molar-refractivity contribution in [3.8, 4) is 0 Å². The molecule has 0 rings (SSSR count).